The Labute approximate surface area is 242 Å². The van der Waals surface area contributed by atoms with Crippen LogP contribution in [0.25, 0.3) is 0 Å². The molecule has 12 heteroatoms. The highest BCUT2D eigenvalue weighted by molar-refractivity contribution is 7.89. The SMILES string of the molecule is CCN(CC)C(=O)C1CCCN(c2ccccc2/C=N\Nc2ccc([N+](=O)[O-])cc2S(=O)(=O)N2CCCCCC2)C1. The Morgan fingerprint density at radius 1 is 1.07 bits per heavy atom. The molecule has 0 radical (unpaired) electrons. The van der Waals surface area contributed by atoms with Crippen molar-refractivity contribution in [2.24, 2.45) is 11.0 Å². The van der Waals surface area contributed by atoms with Gasteiger partial charge in [0.1, 0.15) is 4.90 Å². The maximum absolute atomic E-state index is 13.6. The summed E-state index contributed by atoms with van der Waals surface area (Å²) in [6.45, 7) is 7.59. The van der Waals surface area contributed by atoms with Crippen molar-refractivity contribution >= 4 is 39.2 Å². The fraction of sp³-hybridized carbons (Fsp3) is 0.517. The number of non-ortho nitro benzene ring substituents is 1. The van der Waals surface area contributed by atoms with E-state index >= 15 is 0 Å². The number of amides is 1. The number of nitrogens with zero attached hydrogens (tertiary/aromatic N) is 5. The monoisotopic (exact) mass is 584 g/mol. The van der Waals surface area contributed by atoms with Crippen LogP contribution in [0.15, 0.2) is 52.5 Å². The van der Waals surface area contributed by atoms with E-state index in [9.17, 15) is 23.3 Å². The summed E-state index contributed by atoms with van der Waals surface area (Å²) < 4.78 is 28.6. The number of nitro benzene ring substituents is 1. The second kappa shape index (κ2) is 13.9. The van der Waals surface area contributed by atoms with Gasteiger partial charge in [-0.15, -0.1) is 0 Å². The molecule has 2 saturated heterocycles. The van der Waals surface area contributed by atoms with Crippen molar-refractivity contribution in [2.45, 2.75) is 57.3 Å². The zero-order chi connectivity index (χ0) is 29.4. The first kappa shape index (κ1) is 30.4. The Hall–Kier alpha value is -3.51. The molecular formula is C29H40N6O5S. The van der Waals surface area contributed by atoms with E-state index < -0.39 is 14.9 Å². The molecule has 0 saturated carbocycles. The predicted octanol–water partition coefficient (Wildman–Crippen LogP) is 4.69. The lowest BCUT2D eigenvalue weighted by Gasteiger charge is -2.36. The summed E-state index contributed by atoms with van der Waals surface area (Å²) in [6, 6.07) is 11.5. The molecule has 2 heterocycles. The summed E-state index contributed by atoms with van der Waals surface area (Å²) in [4.78, 5) is 27.8. The number of rotatable bonds is 10. The Balaban J connectivity index is 1.57. The van der Waals surface area contributed by atoms with Crippen molar-refractivity contribution in [2.75, 3.05) is 49.6 Å². The molecule has 222 valence electrons. The minimum Gasteiger partial charge on any atom is -0.370 e. The summed E-state index contributed by atoms with van der Waals surface area (Å²) >= 11 is 0. The number of benzene rings is 2. The van der Waals surface area contributed by atoms with Gasteiger partial charge in [-0.1, -0.05) is 31.0 Å². The van der Waals surface area contributed by atoms with E-state index in [4.69, 9.17) is 0 Å². The lowest BCUT2D eigenvalue weighted by Crippen LogP contribution is -2.45. The first-order valence-electron chi connectivity index (χ1n) is 14.5. The van der Waals surface area contributed by atoms with E-state index in [2.05, 4.69) is 15.4 Å². The number of anilines is 2. The van der Waals surface area contributed by atoms with Gasteiger partial charge in [0.05, 0.1) is 22.7 Å². The van der Waals surface area contributed by atoms with Gasteiger partial charge in [-0.3, -0.25) is 20.3 Å². The van der Waals surface area contributed by atoms with Crippen molar-refractivity contribution in [1.82, 2.24) is 9.21 Å². The number of hydrazone groups is 1. The molecule has 41 heavy (non-hydrogen) atoms. The number of hydrogen-bond donors (Lipinski definition) is 1. The molecule has 2 aliphatic rings. The molecule has 1 atom stereocenters. The van der Waals surface area contributed by atoms with Gasteiger partial charge < -0.3 is 9.80 Å². The lowest BCUT2D eigenvalue weighted by molar-refractivity contribution is -0.385. The number of hydrogen-bond acceptors (Lipinski definition) is 8. The maximum Gasteiger partial charge on any atom is 0.270 e. The highest BCUT2D eigenvalue weighted by Gasteiger charge is 2.30. The van der Waals surface area contributed by atoms with Gasteiger partial charge in [-0.25, -0.2) is 8.42 Å². The topological polar surface area (TPSA) is 128 Å². The molecule has 0 bridgehead atoms. The summed E-state index contributed by atoms with van der Waals surface area (Å²) in [5.41, 5.74) is 4.48. The van der Waals surface area contributed by atoms with Crippen LogP contribution >= 0.6 is 0 Å². The molecule has 1 N–H and O–H groups in total. The van der Waals surface area contributed by atoms with Gasteiger partial charge in [0.25, 0.3) is 5.69 Å². The third kappa shape index (κ3) is 7.23. The standard InChI is InChI=1S/C29H40N6O5S/c1-3-32(4-2)29(36)24-13-11-17-33(22-24)27-14-8-7-12-23(27)21-30-31-26-16-15-25(35(37)38)20-28(26)41(39,40)34-18-9-5-6-10-19-34/h7-8,12,14-16,20-21,24,31H,3-6,9-11,13,17-19,22H2,1-2H3/b30-21-. The fourth-order valence-electron chi connectivity index (χ4n) is 5.60. The van der Waals surface area contributed by atoms with Crippen molar-refractivity contribution < 1.29 is 18.1 Å². The van der Waals surface area contributed by atoms with E-state index in [1.807, 2.05) is 43.0 Å². The number of nitrogens with one attached hydrogen (secondary N) is 1. The van der Waals surface area contributed by atoms with Crippen molar-refractivity contribution in [1.29, 1.82) is 0 Å². The summed E-state index contributed by atoms with van der Waals surface area (Å²) in [7, 11) is -3.97. The molecule has 2 aromatic carbocycles. The van der Waals surface area contributed by atoms with Crippen molar-refractivity contribution in [3.63, 3.8) is 0 Å². The zero-order valence-corrected chi connectivity index (χ0v) is 24.7. The van der Waals surface area contributed by atoms with Gasteiger partial charge in [0, 0.05) is 62.7 Å². The summed E-state index contributed by atoms with van der Waals surface area (Å²) in [6.07, 6.45) is 6.80. The third-order valence-electron chi connectivity index (χ3n) is 7.87. The third-order valence-corrected chi connectivity index (χ3v) is 9.81. The number of carbonyl (C=O) groups is 1. The van der Waals surface area contributed by atoms with Gasteiger partial charge >= 0.3 is 0 Å². The van der Waals surface area contributed by atoms with Crippen LogP contribution in [0, 0.1) is 16.0 Å². The average Bonchev–Trinajstić information content (AvgIpc) is 3.28. The number of sulfonamides is 1. The van der Waals surface area contributed by atoms with E-state index in [1.54, 1.807) is 6.21 Å². The first-order chi connectivity index (χ1) is 19.8. The Bertz CT molecular complexity index is 1350. The molecule has 2 aliphatic heterocycles. The number of piperidine rings is 1. The molecule has 2 aromatic rings. The Kier molecular flexibility index (Phi) is 10.3. The van der Waals surface area contributed by atoms with Crippen molar-refractivity contribution in [3.8, 4) is 0 Å². The summed E-state index contributed by atoms with van der Waals surface area (Å²) in [5.74, 6) is 0.113. The highest BCUT2D eigenvalue weighted by atomic mass is 32.2. The van der Waals surface area contributed by atoms with Crippen LogP contribution in [0.1, 0.15) is 57.9 Å². The Morgan fingerprint density at radius 2 is 1.78 bits per heavy atom. The van der Waals surface area contributed by atoms with Crippen LogP contribution in [0.5, 0.6) is 0 Å². The predicted molar refractivity (Wildman–Crippen MR) is 161 cm³/mol. The van der Waals surface area contributed by atoms with Crippen LogP contribution in [0.4, 0.5) is 17.1 Å². The number of nitro groups is 1. The molecule has 0 aliphatic carbocycles. The smallest absolute Gasteiger partial charge is 0.270 e. The van der Waals surface area contributed by atoms with Crippen LogP contribution in [-0.2, 0) is 14.8 Å². The highest BCUT2D eigenvalue weighted by Crippen LogP contribution is 2.31. The van der Waals surface area contributed by atoms with Crippen LogP contribution in [0.2, 0.25) is 0 Å². The normalized spacial score (nSPS) is 18.7. The molecule has 2 fully saturated rings. The molecule has 1 unspecified atom stereocenters. The van der Waals surface area contributed by atoms with Crippen LogP contribution in [-0.4, -0.2) is 73.9 Å². The summed E-state index contributed by atoms with van der Waals surface area (Å²) in [5, 5.41) is 15.8. The van der Waals surface area contributed by atoms with E-state index in [0.29, 0.717) is 32.7 Å². The molecule has 0 spiro atoms. The largest absolute Gasteiger partial charge is 0.370 e. The van der Waals surface area contributed by atoms with Crippen LogP contribution < -0.4 is 10.3 Å². The fourth-order valence-corrected chi connectivity index (χ4v) is 7.28. The lowest BCUT2D eigenvalue weighted by atomic mass is 9.95. The van der Waals surface area contributed by atoms with E-state index in [-0.39, 0.29) is 28.1 Å². The molecular weight excluding hydrogens is 544 g/mol. The molecule has 4 rings (SSSR count). The average molecular weight is 585 g/mol. The van der Waals surface area contributed by atoms with E-state index in [0.717, 1.165) is 62.4 Å². The van der Waals surface area contributed by atoms with Gasteiger partial charge in [0.2, 0.25) is 15.9 Å². The quantitative estimate of drug-likeness (QED) is 0.244. The van der Waals surface area contributed by atoms with Gasteiger partial charge in [-0.05, 0) is 51.7 Å². The molecule has 0 aromatic heterocycles. The van der Waals surface area contributed by atoms with Gasteiger partial charge in [-0.2, -0.15) is 9.41 Å². The number of para-hydroxylation sites is 1. The maximum atomic E-state index is 13.6. The minimum atomic E-state index is -3.97. The Morgan fingerprint density at radius 3 is 2.46 bits per heavy atom. The van der Waals surface area contributed by atoms with Crippen LogP contribution in [0.3, 0.4) is 0 Å². The minimum absolute atomic E-state index is 0.0707. The molecule has 11 nitrogen and oxygen atoms in total. The molecule has 1 amide bonds. The first-order valence-corrected chi connectivity index (χ1v) is 15.9. The van der Waals surface area contributed by atoms with Gasteiger partial charge in [0.15, 0.2) is 0 Å². The zero-order valence-electron chi connectivity index (χ0n) is 23.9. The number of carbonyl (C=O) groups excluding carboxylic acids is 1. The second-order valence-electron chi connectivity index (χ2n) is 10.5. The van der Waals surface area contributed by atoms with E-state index in [1.165, 1.54) is 16.4 Å². The van der Waals surface area contributed by atoms with Crippen molar-refractivity contribution in [3.05, 3.63) is 58.1 Å². The second-order valence-corrected chi connectivity index (χ2v) is 12.4.